The number of sulfone groups is 1. The van der Waals surface area contributed by atoms with Crippen LogP contribution in [0.3, 0.4) is 0 Å². The number of carboxylic acid groups (broad SMARTS) is 1. The van der Waals surface area contributed by atoms with E-state index in [1.165, 1.54) is 6.92 Å². The highest BCUT2D eigenvalue weighted by atomic mass is 32.2. The lowest BCUT2D eigenvalue weighted by atomic mass is 10.0. The van der Waals surface area contributed by atoms with Crippen LogP contribution in [-0.4, -0.2) is 25.2 Å². The molecule has 0 aliphatic heterocycles. The van der Waals surface area contributed by atoms with E-state index in [1.54, 1.807) is 0 Å². The molecule has 0 aliphatic rings. The molecule has 19 heavy (non-hydrogen) atoms. The average Bonchev–Trinajstić information content (AvgIpc) is 2.26. The fourth-order valence-corrected chi connectivity index (χ4v) is 2.35. The van der Waals surface area contributed by atoms with Gasteiger partial charge in [-0.2, -0.15) is 13.2 Å². The van der Waals surface area contributed by atoms with Gasteiger partial charge in [-0.05, 0) is 17.7 Å². The van der Waals surface area contributed by atoms with E-state index in [1.807, 2.05) is 0 Å². The lowest BCUT2D eigenvalue weighted by molar-refractivity contribution is -0.138. The standard InChI is InChI=1S/C11H11F3O4S/c1-2-19(17,18)6-7-3-4-9(11(12,13)14)8(5-7)10(15)16/h3-5H,2,6H2,1H3,(H,15,16). The topological polar surface area (TPSA) is 71.4 Å². The maximum Gasteiger partial charge on any atom is 0.417 e. The molecule has 106 valence electrons. The molecule has 1 aromatic rings. The number of carboxylic acids is 1. The van der Waals surface area contributed by atoms with Crippen molar-refractivity contribution in [2.75, 3.05) is 5.75 Å². The molecular formula is C11H11F3O4S. The Kier molecular flexibility index (Phi) is 4.24. The lowest BCUT2D eigenvalue weighted by Crippen LogP contribution is -2.14. The fraction of sp³-hybridized carbons (Fsp3) is 0.364. The third-order valence-corrected chi connectivity index (χ3v) is 4.10. The van der Waals surface area contributed by atoms with Crippen molar-refractivity contribution >= 4 is 15.8 Å². The number of aromatic carboxylic acids is 1. The van der Waals surface area contributed by atoms with Crippen molar-refractivity contribution in [1.82, 2.24) is 0 Å². The van der Waals surface area contributed by atoms with Crippen LogP contribution in [0.15, 0.2) is 18.2 Å². The molecule has 1 N–H and O–H groups in total. The van der Waals surface area contributed by atoms with Crippen LogP contribution in [0.25, 0.3) is 0 Å². The summed E-state index contributed by atoms with van der Waals surface area (Å²) in [4.78, 5) is 10.8. The van der Waals surface area contributed by atoms with Crippen LogP contribution in [0, 0.1) is 0 Å². The van der Waals surface area contributed by atoms with Crippen LogP contribution >= 0.6 is 0 Å². The average molecular weight is 296 g/mol. The fourth-order valence-electron chi connectivity index (χ4n) is 1.46. The summed E-state index contributed by atoms with van der Waals surface area (Å²) >= 11 is 0. The van der Waals surface area contributed by atoms with Crippen LogP contribution in [0.4, 0.5) is 13.2 Å². The minimum absolute atomic E-state index is 0.0206. The Balaban J connectivity index is 3.29. The summed E-state index contributed by atoms with van der Waals surface area (Å²) in [6, 6.07) is 2.31. The Morgan fingerprint density at radius 3 is 2.32 bits per heavy atom. The first-order chi connectivity index (χ1) is 8.57. The van der Waals surface area contributed by atoms with Gasteiger partial charge in [0.15, 0.2) is 9.84 Å². The first kappa shape index (κ1) is 15.5. The van der Waals surface area contributed by atoms with E-state index in [-0.39, 0.29) is 11.3 Å². The van der Waals surface area contributed by atoms with Gasteiger partial charge in [0.05, 0.1) is 16.9 Å². The van der Waals surface area contributed by atoms with Crippen molar-refractivity contribution in [3.05, 3.63) is 34.9 Å². The van der Waals surface area contributed by atoms with Crippen molar-refractivity contribution < 1.29 is 31.5 Å². The van der Waals surface area contributed by atoms with E-state index >= 15 is 0 Å². The summed E-state index contributed by atoms with van der Waals surface area (Å²) in [5.41, 5.74) is -2.22. The zero-order valence-electron chi connectivity index (χ0n) is 9.86. The maximum absolute atomic E-state index is 12.6. The van der Waals surface area contributed by atoms with Gasteiger partial charge in [0.25, 0.3) is 0 Å². The van der Waals surface area contributed by atoms with Gasteiger partial charge < -0.3 is 5.11 Å². The molecule has 0 radical (unpaired) electrons. The molecule has 1 aromatic carbocycles. The van der Waals surface area contributed by atoms with Crippen molar-refractivity contribution in [3.8, 4) is 0 Å². The van der Waals surface area contributed by atoms with Crippen LogP contribution < -0.4 is 0 Å². The van der Waals surface area contributed by atoms with E-state index in [9.17, 15) is 26.4 Å². The zero-order valence-corrected chi connectivity index (χ0v) is 10.7. The second-order valence-electron chi connectivity index (χ2n) is 3.86. The molecule has 4 nitrogen and oxygen atoms in total. The van der Waals surface area contributed by atoms with Crippen LogP contribution in [-0.2, 0) is 21.8 Å². The number of alkyl halides is 3. The molecule has 0 aliphatic carbocycles. The third-order valence-electron chi connectivity index (χ3n) is 2.45. The third kappa shape index (κ3) is 3.95. The molecule has 0 spiro atoms. The van der Waals surface area contributed by atoms with Crippen molar-refractivity contribution in [1.29, 1.82) is 0 Å². The van der Waals surface area contributed by atoms with E-state index in [0.717, 1.165) is 12.1 Å². The highest BCUT2D eigenvalue weighted by Crippen LogP contribution is 2.32. The highest BCUT2D eigenvalue weighted by Gasteiger charge is 2.35. The largest absolute Gasteiger partial charge is 0.478 e. The minimum Gasteiger partial charge on any atom is -0.478 e. The van der Waals surface area contributed by atoms with Gasteiger partial charge in [0.2, 0.25) is 0 Å². The van der Waals surface area contributed by atoms with Gasteiger partial charge in [-0.1, -0.05) is 13.0 Å². The first-order valence-corrected chi connectivity index (χ1v) is 7.03. The normalized spacial score (nSPS) is 12.4. The van der Waals surface area contributed by atoms with Gasteiger partial charge in [-0.15, -0.1) is 0 Å². The van der Waals surface area contributed by atoms with E-state index < -0.39 is 38.9 Å². The van der Waals surface area contributed by atoms with Gasteiger partial charge in [0, 0.05) is 5.75 Å². The number of rotatable bonds is 4. The first-order valence-electron chi connectivity index (χ1n) is 5.20. The van der Waals surface area contributed by atoms with Gasteiger partial charge in [-0.25, -0.2) is 13.2 Å². The SMILES string of the molecule is CCS(=O)(=O)Cc1ccc(C(F)(F)F)c(C(=O)O)c1. The molecule has 0 aromatic heterocycles. The second kappa shape index (κ2) is 5.20. The molecule has 0 unspecified atom stereocenters. The van der Waals surface area contributed by atoms with E-state index in [2.05, 4.69) is 0 Å². The Labute approximate surface area is 107 Å². The zero-order chi connectivity index (χ0) is 14.8. The monoisotopic (exact) mass is 296 g/mol. The van der Waals surface area contributed by atoms with Gasteiger partial charge >= 0.3 is 12.1 Å². The molecule has 0 saturated carbocycles. The van der Waals surface area contributed by atoms with Crippen LogP contribution in [0.2, 0.25) is 0 Å². The summed E-state index contributed by atoms with van der Waals surface area (Å²) in [5.74, 6) is -2.40. The molecule has 0 amide bonds. The van der Waals surface area contributed by atoms with Crippen LogP contribution in [0.5, 0.6) is 0 Å². The molecule has 0 heterocycles. The molecule has 0 saturated heterocycles. The number of benzene rings is 1. The second-order valence-corrected chi connectivity index (χ2v) is 6.21. The van der Waals surface area contributed by atoms with Crippen molar-refractivity contribution in [3.63, 3.8) is 0 Å². The predicted octanol–water partition coefficient (Wildman–Crippen LogP) is 2.34. The Morgan fingerprint density at radius 1 is 1.32 bits per heavy atom. The molecule has 0 bridgehead atoms. The Hall–Kier alpha value is -1.57. The summed E-state index contributed by atoms with van der Waals surface area (Å²) in [6.45, 7) is 1.40. The Morgan fingerprint density at radius 2 is 1.89 bits per heavy atom. The van der Waals surface area contributed by atoms with E-state index in [0.29, 0.717) is 6.07 Å². The summed E-state index contributed by atoms with van der Waals surface area (Å²) < 4.78 is 60.4. The molecular weight excluding hydrogens is 285 g/mol. The number of hydrogen-bond donors (Lipinski definition) is 1. The number of halogens is 3. The van der Waals surface area contributed by atoms with Crippen molar-refractivity contribution in [2.45, 2.75) is 18.9 Å². The highest BCUT2D eigenvalue weighted by molar-refractivity contribution is 7.90. The van der Waals surface area contributed by atoms with Gasteiger partial charge in [-0.3, -0.25) is 0 Å². The van der Waals surface area contributed by atoms with Gasteiger partial charge in [0.1, 0.15) is 0 Å². The molecule has 1 rings (SSSR count). The molecule has 8 heteroatoms. The Bertz CT molecular complexity index is 590. The predicted molar refractivity (Wildman–Crippen MR) is 61.6 cm³/mol. The maximum atomic E-state index is 12.6. The smallest absolute Gasteiger partial charge is 0.417 e. The lowest BCUT2D eigenvalue weighted by Gasteiger charge is -2.11. The summed E-state index contributed by atoms with van der Waals surface area (Å²) in [6.07, 6.45) is -4.80. The van der Waals surface area contributed by atoms with Crippen molar-refractivity contribution in [2.24, 2.45) is 0 Å². The minimum atomic E-state index is -4.80. The summed E-state index contributed by atoms with van der Waals surface area (Å²) in [7, 11) is -3.44. The molecule has 0 atom stereocenters. The quantitative estimate of drug-likeness (QED) is 0.925. The molecule has 0 fully saturated rings. The van der Waals surface area contributed by atoms with E-state index in [4.69, 9.17) is 5.11 Å². The number of carbonyl (C=O) groups is 1. The summed E-state index contributed by atoms with van der Waals surface area (Å²) in [5, 5.41) is 8.76. The van der Waals surface area contributed by atoms with Crippen LogP contribution in [0.1, 0.15) is 28.4 Å². The number of hydrogen-bond acceptors (Lipinski definition) is 3.